The third-order valence-corrected chi connectivity index (χ3v) is 3.10. The Morgan fingerprint density at radius 3 is 2.72 bits per heavy atom. The molecule has 0 aromatic rings. The molecule has 0 aliphatic carbocycles. The van der Waals surface area contributed by atoms with Crippen molar-refractivity contribution in [1.29, 1.82) is 0 Å². The van der Waals surface area contributed by atoms with Gasteiger partial charge in [0.05, 0.1) is 24.2 Å². The molecule has 6 heteroatoms. The van der Waals surface area contributed by atoms with Crippen molar-refractivity contribution in [3.05, 3.63) is 0 Å². The van der Waals surface area contributed by atoms with Gasteiger partial charge < -0.3 is 25.8 Å². The molecule has 1 heterocycles. The minimum atomic E-state index is -1.47. The fourth-order valence-electron chi connectivity index (χ4n) is 2.18. The van der Waals surface area contributed by atoms with Gasteiger partial charge in [0.1, 0.15) is 0 Å². The molecule has 5 atom stereocenters. The van der Waals surface area contributed by atoms with Crippen LogP contribution in [0.25, 0.3) is 0 Å². The Balaban J connectivity index is 2.96. The molecular formula is C12H19NO5. The number of carboxylic acids is 1. The van der Waals surface area contributed by atoms with Gasteiger partial charge in [0.25, 0.3) is 0 Å². The second kappa shape index (κ2) is 5.57. The zero-order chi connectivity index (χ0) is 13.9. The van der Waals surface area contributed by atoms with E-state index in [1.165, 1.54) is 6.92 Å². The third-order valence-electron chi connectivity index (χ3n) is 3.10. The summed E-state index contributed by atoms with van der Waals surface area (Å²) in [5.74, 6) is 0.887. The molecule has 6 nitrogen and oxygen atoms in total. The molecule has 1 fully saturated rings. The van der Waals surface area contributed by atoms with E-state index in [1.807, 2.05) is 0 Å². The Kier molecular flexibility index (Phi) is 4.57. The van der Waals surface area contributed by atoms with E-state index in [0.717, 1.165) is 0 Å². The fraction of sp³-hybridized carbons (Fsp3) is 0.750. The van der Waals surface area contributed by atoms with Crippen molar-refractivity contribution in [2.45, 2.75) is 50.6 Å². The first-order valence-corrected chi connectivity index (χ1v) is 5.78. The molecule has 1 aliphatic rings. The number of aliphatic hydroxyl groups is 2. The molecule has 0 saturated carbocycles. The highest BCUT2D eigenvalue weighted by Crippen LogP contribution is 2.34. The summed E-state index contributed by atoms with van der Waals surface area (Å²) in [6.07, 6.45) is -2.15. The summed E-state index contributed by atoms with van der Waals surface area (Å²) in [6.45, 7) is 2.97. The largest absolute Gasteiger partial charge is 0.479 e. The van der Waals surface area contributed by atoms with Crippen LogP contribution in [0.3, 0.4) is 0 Å². The topological polar surface area (TPSA) is 113 Å². The maximum absolute atomic E-state index is 11.2. The van der Waals surface area contributed by atoms with Crippen LogP contribution in [0, 0.1) is 17.9 Å². The Labute approximate surface area is 106 Å². The first kappa shape index (κ1) is 14.8. The van der Waals surface area contributed by atoms with Gasteiger partial charge in [-0.2, -0.15) is 0 Å². The average molecular weight is 257 g/mol. The summed E-state index contributed by atoms with van der Waals surface area (Å²) in [5, 5.41) is 28.5. The number of aliphatic hydroxyl groups excluding tert-OH is 2. The van der Waals surface area contributed by atoms with Gasteiger partial charge in [-0.25, -0.2) is 4.79 Å². The molecule has 102 valence electrons. The number of ether oxygens (including phenoxy) is 1. The molecule has 5 N–H and O–H groups in total. The lowest BCUT2D eigenvalue weighted by Gasteiger charge is -2.42. The Morgan fingerprint density at radius 1 is 1.67 bits per heavy atom. The average Bonchev–Trinajstić information content (AvgIpc) is 2.22. The monoisotopic (exact) mass is 257 g/mol. The number of hydrogen-bond donors (Lipinski definition) is 4. The molecule has 1 aliphatic heterocycles. The fourth-order valence-corrected chi connectivity index (χ4v) is 2.18. The predicted molar refractivity (Wildman–Crippen MR) is 63.3 cm³/mol. The van der Waals surface area contributed by atoms with Crippen LogP contribution >= 0.6 is 0 Å². The number of nitrogens with two attached hydrogens (primary N) is 1. The van der Waals surface area contributed by atoms with Crippen LogP contribution in [0.1, 0.15) is 26.7 Å². The summed E-state index contributed by atoms with van der Waals surface area (Å²) in [7, 11) is 0. The molecule has 1 saturated heterocycles. The van der Waals surface area contributed by atoms with Gasteiger partial charge >= 0.3 is 5.97 Å². The zero-order valence-electron chi connectivity index (χ0n) is 10.5. The standard InChI is InChI=1S/C12H19NO5/c1-7(14)5-10-8(3-4-13)9(15)6-12(2,18-10)11(16)17/h7-10,14-15H,5-6,13H2,1-2H3,(H,16,17)/t7-,8?,9-,10?,12-/m0/s1. The maximum atomic E-state index is 11.2. The molecule has 1 rings (SSSR count). The molecular weight excluding hydrogens is 238 g/mol. The number of rotatable bonds is 3. The van der Waals surface area contributed by atoms with Crippen LogP contribution in [0.5, 0.6) is 0 Å². The number of aliphatic carboxylic acids is 1. The van der Waals surface area contributed by atoms with E-state index < -0.39 is 35.8 Å². The maximum Gasteiger partial charge on any atom is 0.335 e. The van der Waals surface area contributed by atoms with Crippen molar-refractivity contribution in [3.8, 4) is 12.0 Å². The Morgan fingerprint density at radius 2 is 2.28 bits per heavy atom. The molecule has 18 heavy (non-hydrogen) atoms. The number of hydrogen-bond acceptors (Lipinski definition) is 5. The molecule has 0 aromatic heterocycles. The molecule has 0 aromatic carbocycles. The smallest absolute Gasteiger partial charge is 0.335 e. The SMILES string of the molecule is C[C@H](O)CC1O[C@](C)(C(=O)O)C[C@H](O)C1C#CN. The lowest BCUT2D eigenvalue weighted by Crippen LogP contribution is -2.54. The summed E-state index contributed by atoms with van der Waals surface area (Å²) in [5.41, 5.74) is 3.67. The molecule has 0 bridgehead atoms. The van der Waals surface area contributed by atoms with E-state index in [2.05, 4.69) is 12.0 Å². The van der Waals surface area contributed by atoms with Gasteiger partial charge in [-0.05, 0) is 13.8 Å². The van der Waals surface area contributed by atoms with Gasteiger partial charge in [-0.1, -0.05) is 5.92 Å². The van der Waals surface area contributed by atoms with E-state index in [1.54, 1.807) is 6.92 Å². The van der Waals surface area contributed by atoms with Gasteiger partial charge in [-0.3, -0.25) is 0 Å². The van der Waals surface area contributed by atoms with Crippen molar-refractivity contribution in [1.82, 2.24) is 0 Å². The first-order valence-electron chi connectivity index (χ1n) is 5.78. The van der Waals surface area contributed by atoms with E-state index in [-0.39, 0.29) is 12.8 Å². The second-order valence-electron chi connectivity index (χ2n) is 4.86. The predicted octanol–water partition coefficient (Wildman–Crippen LogP) is -0.714. The summed E-state index contributed by atoms with van der Waals surface area (Å²) >= 11 is 0. The van der Waals surface area contributed by atoms with Crippen molar-refractivity contribution in [2.24, 2.45) is 11.7 Å². The minimum absolute atomic E-state index is 0.0576. The third kappa shape index (κ3) is 3.13. The van der Waals surface area contributed by atoms with Crippen LogP contribution < -0.4 is 5.73 Å². The van der Waals surface area contributed by atoms with Gasteiger partial charge in [0, 0.05) is 18.9 Å². The van der Waals surface area contributed by atoms with Crippen molar-refractivity contribution >= 4 is 5.97 Å². The van der Waals surface area contributed by atoms with E-state index in [0.29, 0.717) is 0 Å². The normalized spacial score (nSPS) is 37.4. The quantitative estimate of drug-likeness (QED) is 0.392. The van der Waals surface area contributed by atoms with E-state index in [9.17, 15) is 15.0 Å². The lowest BCUT2D eigenvalue weighted by atomic mass is 9.82. The first-order chi connectivity index (χ1) is 8.30. The summed E-state index contributed by atoms with van der Waals surface area (Å²) < 4.78 is 5.50. The Hall–Kier alpha value is -1.29. The minimum Gasteiger partial charge on any atom is -0.479 e. The van der Waals surface area contributed by atoms with Gasteiger partial charge in [0.2, 0.25) is 0 Å². The van der Waals surface area contributed by atoms with Crippen molar-refractivity contribution in [3.63, 3.8) is 0 Å². The number of carbonyl (C=O) groups is 1. The lowest BCUT2D eigenvalue weighted by molar-refractivity contribution is -0.203. The van der Waals surface area contributed by atoms with E-state index >= 15 is 0 Å². The van der Waals surface area contributed by atoms with Crippen LogP contribution in [-0.2, 0) is 9.53 Å². The van der Waals surface area contributed by atoms with E-state index in [4.69, 9.17) is 15.6 Å². The number of carboxylic acid groups (broad SMARTS) is 1. The highest BCUT2D eigenvalue weighted by molar-refractivity contribution is 5.77. The summed E-state index contributed by atoms with van der Waals surface area (Å²) in [4.78, 5) is 11.2. The molecule has 0 radical (unpaired) electrons. The second-order valence-corrected chi connectivity index (χ2v) is 4.86. The zero-order valence-corrected chi connectivity index (χ0v) is 10.5. The highest BCUT2D eigenvalue weighted by atomic mass is 16.5. The van der Waals surface area contributed by atoms with Gasteiger partial charge in [0.15, 0.2) is 5.60 Å². The highest BCUT2D eigenvalue weighted by Gasteiger charge is 2.48. The van der Waals surface area contributed by atoms with Crippen LogP contribution in [0.15, 0.2) is 0 Å². The molecule has 2 unspecified atom stereocenters. The van der Waals surface area contributed by atoms with Crippen LogP contribution in [0.2, 0.25) is 0 Å². The summed E-state index contributed by atoms with van der Waals surface area (Å²) in [6, 6.07) is 2.21. The van der Waals surface area contributed by atoms with Crippen LogP contribution in [-0.4, -0.2) is 45.2 Å². The van der Waals surface area contributed by atoms with Crippen molar-refractivity contribution < 1.29 is 24.9 Å². The van der Waals surface area contributed by atoms with Gasteiger partial charge in [-0.15, -0.1) is 0 Å². The molecule has 0 amide bonds. The van der Waals surface area contributed by atoms with Crippen LogP contribution in [0.4, 0.5) is 0 Å². The Bertz CT molecular complexity index is 372. The molecule has 0 spiro atoms. The van der Waals surface area contributed by atoms with Crippen molar-refractivity contribution in [2.75, 3.05) is 0 Å².